The molecule has 2 amide bonds. The summed E-state index contributed by atoms with van der Waals surface area (Å²) >= 11 is 9.52. The molecule has 0 radical (unpaired) electrons. The van der Waals surface area contributed by atoms with Gasteiger partial charge in [-0.15, -0.1) is 10.2 Å². The highest BCUT2D eigenvalue weighted by Gasteiger charge is 2.35. The number of hydrogen-bond donors (Lipinski definition) is 1. The van der Waals surface area contributed by atoms with Crippen LogP contribution in [-0.4, -0.2) is 48.8 Å². The van der Waals surface area contributed by atoms with Gasteiger partial charge in [-0.25, -0.2) is 0 Å². The van der Waals surface area contributed by atoms with Crippen LogP contribution >= 0.6 is 47.1 Å². The third-order valence-electron chi connectivity index (χ3n) is 2.86. The van der Waals surface area contributed by atoms with Crippen LogP contribution in [0.5, 0.6) is 0 Å². The van der Waals surface area contributed by atoms with E-state index in [0.29, 0.717) is 16.0 Å². The molecule has 0 saturated carbocycles. The molecular formula is C12H16N4O2S4. The van der Waals surface area contributed by atoms with Crippen molar-refractivity contribution in [2.45, 2.75) is 36.3 Å². The molecule has 1 atom stereocenters. The van der Waals surface area contributed by atoms with E-state index < -0.39 is 0 Å². The van der Waals surface area contributed by atoms with E-state index in [9.17, 15) is 9.59 Å². The smallest absolute Gasteiger partial charge is 0.241 e. The van der Waals surface area contributed by atoms with Crippen molar-refractivity contribution in [1.82, 2.24) is 15.1 Å². The number of thioether (sulfide) groups is 2. The van der Waals surface area contributed by atoms with Crippen LogP contribution in [0.4, 0.5) is 5.13 Å². The van der Waals surface area contributed by atoms with Crippen LogP contribution in [0.2, 0.25) is 0 Å². The van der Waals surface area contributed by atoms with Crippen molar-refractivity contribution >= 4 is 68.3 Å². The number of thiocarbonyl (C=S) groups is 1. The summed E-state index contributed by atoms with van der Waals surface area (Å²) in [5, 5.41) is 11.0. The van der Waals surface area contributed by atoms with E-state index >= 15 is 0 Å². The lowest BCUT2D eigenvalue weighted by Crippen LogP contribution is -2.33. The number of carbonyl (C=O) groups excluding carboxylic acids is 2. The molecule has 1 aromatic heterocycles. The highest BCUT2D eigenvalue weighted by molar-refractivity contribution is 8.24. The first-order chi connectivity index (χ1) is 10.5. The van der Waals surface area contributed by atoms with Crippen molar-refractivity contribution in [3.63, 3.8) is 0 Å². The van der Waals surface area contributed by atoms with Crippen molar-refractivity contribution in [3.8, 4) is 0 Å². The van der Waals surface area contributed by atoms with Crippen LogP contribution in [0.1, 0.15) is 26.7 Å². The van der Waals surface area contributed by atoms with Crippen LogP contribution in [0.3, 0.4) is 0 Å². The number of anilines is 1. The summed E-state index contributed by atoms with van der Waals surface area (Å²) in [4.78, 5) is 25.5. The number of carbonyl (C=O) groups is 2. The van der Waals surface area contributed by atoms with Gasteiger partial charge >= 0.3 is 0 Å². The van der Waals surface area contributed by atoms with E-state index in [0.717, 1.165) is 16.5 Å². The first-order valence-electron chi connectivity index (χ1n) is 6.83. The lowest BCUT2D eigenvalue weighted by Gasteiger charge is -2.14. The van der Waals surface area contributed by atoms with E-state index in [4.69, 9.17) is 12.2 Å². The highest BCUT2D eigenvalue weighted by Crippen LogP contribution is 2.29. The molecule has 1 aliphatic rings. The summed E-state index contributed by atoms with van der Waals surface area (Å²) < 4.78 is 1.39. The van der Waals surface area contributed by atoms with Crippen molar-refractivity contribution in [2.24, 2.45) is 0 Å². The Morgan fingerprint density at radius 2 is 2.23 bits per heavy atom. The van der Waals surface area contributed by atoms with Crippen LogP contribution in [0.25, 0.3) is 0 Å². The number of nitrogens with one attached hydrogen (secondary N) is 1. The molecule has 0 bridgehead atoms. The molecule has 0 spiro atoms. The molecule has 120 valence electrons. The van der Waals surface area contributed by atoms with Crippen LogP contribution < -0.4 is 5.32 Å². The Balaban J connectivity index is 1.82. The van der Waals surface area contributed by atoms with E-state index in [2.05, 4.69) is 15.5 Å². The predicted octanol–water partition coefficient (Wildman–Crippen LogP) is 2.62. The van der Waals surface area contributed by atoms with Gasteiger partial charge in [0.15, 0.2) is 4.34 Å². The maximum atomic E-state index is 12.1. The SMILES string of the molecule is CCSc1nnc(NC(=O)CCN2C(=O)C(CC)SC2=S)s1. The standard InChI is InChI=1S/C12H16N4O2S4/c1-3-7-9(18)16(12(19)21-7)6-5-8(17)13-10-14-15-11(22-10)20-4-2/h7H,3-6H2,1-2H3,(H,13,14,17). The zero-order chi connectivity index (χ0) is 16.1. The summed E-state index contributed by atoms with van der Waals surface area (Å²) in [6.07, 6.45) is 0.938. The fraction of sp³-hybridized carbons (Fsp3) is 0.583. The molecular weight excluding hydrogens is 360 g/mol. The molecule has 1 N–H and O–H groups in total. The molecule has 1 saturated heterocycles. The summed E-state index contributed by atoms with van der Waals surface area (Å²) in [7, 11) is 0. The Hall–Kier alpha value is -0.710. The van der Waals surface area contributed by atoms with Crippen LogP contribution in [0, 0.1) is 0 Å². The Kier molecular flexibility index (Phi) is 6.60. The minimum atomic E-state index is -0.190. The zero-order valence-electron chi connectivity index (χ0n) is 12.2. The van der Waals surface area contributed by atoms with Gasteiger partial charge in [-0.2, -0.15) is 0 Å². The number of hydrogen-bond acceptors (Lipinski definition) is 8. The van der Waals surface area contributed by atoms with Gasteiger partial charge in [0.05, 0.1) is 5.25 Å². The molecule has 1 aliphatic heterocycles. The van der Waals surface area contributed by atoms with Crippen molar-refractivity contribution in [3.05, 3.63) is 0 Å². The quantitative estimate of drug-likeness (QED) is 0.445. The fourth-order valence-corrected chi connectivity index (χ4v) is 4.94. The fourth-order valence-electron chi connectivity index (χ4n) is 1.80. The molecule has 22 heavy (non-hydrogen) atoms. The molecule has 2 rings (SSSR count). The average molecular weight is 377 g/mol. The molecule has 2 heterocycles. The number of amides is 2. The Morgan fingerprint density at radius 1 is 1.45 bits per heavy atom. The molecule has 1 fully saturated rings. The largest absolute Gasteiger partial charge is 0.300 e. The molecule has 6 nitrogen and oxygen atoms in total. The number of aromatic nitrogens is 2. The van der Waals surface area contributed by atoms with Crippen LogP contribution in [0.15, 0.2) is 4.34 Å². The first-order valence-corrected chi connectivity index (χ1v) is 9.92. The monoisotopic (exact) mass is 376 g/mol. The van der Waals surface area contributed by atoms with Gasteiger partial charge in [0, 0.05) is 13.0 Å². The van der Waals surface area contributed by atoms with Gasteiger partial charge in [0.1, 0.15) is 4.32 Å². The second-order valence-corrected chi connectivity index (χ2v) is 8.70. The van der Waals surface area contributed by atoms with Gasteiger partial charge in [-0.3, -0.25) is 14.5 Å². The van der Waals surface area contributed by atoms with Gasteiger partial charge in [-0.05, 0) is 12.2 Å². The average Bonchev–Trinajstić information content (AvgIpc) is 3.02. The Labute approximate surface area is 146 Å². The number of rotatable bonds is 7. The van der Waals surface area contributed by atoms with E-state index in [1.165, 1.54) is 28.0 Å². The Bertz CT molecular complexity index is 577. The Morgan fingerprint density at radius 3 is 2.86 bits per heavy atom. The van der Waals surface area contributed by atoms with E-state index in [1.807, 2.05) is 13.8 Å². The van der Waals surface area contributed by atoms with Gasteiger partial charge < -0.3 is 5.32 Å². The first kappa shape index (κ1) is 17.6. The molecule has 10 heteroatoms. The lowest BCUT2D eigenvalue weighted by atomic mass is 10.3. The molecule has 1 unspecified atom stereocenters. The van der Waals surface area contributed by atoms with Crippen LogP contribution in [-0.2, 0) is 9.59 Å². The maximum absolute atomic E-state index is 12.1. The third kappa shape index (κ3) is 4.40. The van der Waals surface area contributed by atoms with Crippen molar-refractivity contribution in [1.29, 1.82) is 0 Å². The highest BCUT2D eigenvalue weighted by atomic mass is 32.2. The summed E-state index contributed by atoms with van der Waals surface area (Å²) in [5.74, 6) is 0.723. The molecule has 0 aliphatic carbocycles. The zero-order valence-corrected chi connectivity index (χ0v) is 15.5. The second kappa shape index (κ2) is 8.23. The topological polar surface area (TPSA) is 75.2 Å². The summed E-state index contributed by atoms with van der Waals surface area (Å²) in [5.41, 5.74) is 0. The van der Waals surface area contributed by atoms with Crippen molar-refractivity contribution < 1.29 is 9.59 Å². The van der Waals surface area contributed by atoms with Crippen molar-refractivity contribution in [2.75, 3.05) is 17.6 Å². The predicted molar refractivity (Wildman–Crippen MR) is 95.5 cm³/mol. The van der Waals surface area contributed by atoms with E-state index in [1.54, 1.807) is 11.8 Å². The van der Waals surface area contributed by atoms with E-state index in [-0.39, 0.29) is 23.5 Å². The minimum Gasteiger partial charge on any atom is -0.300 e. The van der Waals surface area contributed by atoms with Gasteiger partial charge in [-0.1, -0.05) is 60.9 Å². The summed E-state index contributed by atoms with van der Waals surface area (Å²) in [6, 6.07) is 0. The molecule has 1 aromatic rings. The van der Waals surface area contributed by atoms with Gasteiger partial charge in [0.2, 0.25) is 16.9 Å². The number of nitrogens with zero attached hydrogens (tertiary/aromatic N) is 3. The minimum absolute atomic E-state index is 0.00264. The normalized spacial score (nSPS) is 18.1. The molecule has 0 aromatic carbocycles. The lowest BCUT2D eigenvalue weighted by molar-refractivity contribution is -0.126. The second-order valence-electron chi connectivity index (χ2n) is 4.37. The summed E-state index contributed by atoms with van der Waals surface area (Å²) in [6.45, 7) is 4.29. The maximum Gasteiger partial charge on any atom is 0.241 e. The van der Waals surface area contributed by atoms with Gasteiger partial charge in [0.25, 0.3) is 0 Å². The third-order valence-corrected chi connectivity index (χ3v) is 6.46.